The van der Waals surface area contributed by atoms with Gasteiger partial charge in [0.1, 0.15) is 23.5 Å². The van der Waals surface area contributed by atoms with Crippen molar-refractivity contribution in [1.82, 2.24) is 9.97 Å². The average Bonchev–Trinajstić information content (AvgIpc) is 2.58. The third-order valence-corrected chi connectivity index (χ3v) is 3.91. The van der Waals surface area contributed by atoms with Crippen molar-refractivity contribution < 1.29 is 9.47 Å². The van der Waals surface area contributed by atoms with E-state index in [1.165, 1.54) is 6.33 Å². The molecule has 0 fully saturated rings. The predicted molar refractivity (Wildman–Crippen MR) is 104 cm³/mol. The Bertz CT molecular complexity index is 927. The minimum atomic E-state index is 0.272. The number of halogens is 1. The van der Waals surface area contributed by atoms with Crippen LogP contribution in [0, 0.1) is 13.8 Å². The molecule has 1 heterocycles. The molecule has 0 unspecified atom stereocenters. The Balaban J connectivity index is 1.91. The predicted octanol–water partition coefficient (Wildman–Crippen LogP) is 4.87. The molecule has 134 valence electrons. The van der Waals surface area contributed by atoms with Crippen LogP contribution in [0.15, 0.2) is 42.7 Å². The molecule has 0 spiro atoms. The molecule has 0 amide bonds. The van der Waals surface area contributed by atoms with Gasteiger partial charge in [-0.2, -0.15) is 4.98 Å². The zero-order valence-electron chi connectivity index (χ0n) is 14.7. The van der Waals surface area contributed by atoms with Crippen molar-refractivity contribution in [2.45, 2.75) is 13.8 Å². The number of nitrogen functional groups attached to an aromatic ring is 1. The van der Waals surface area contributed by atoms with Crippen LogP contribution < -0.4 is 20.5 Å². The van der Waals surface area contributed by atoms with Gasteiger partial charge in [0.25, 0.3) is 0 Å². The molecule has 0 aliphatic heterocycles. The molecule has 1 aromatic heterocycles. The lowest BCUT2D eigenvalue weighted by Crippen LogP contribution is -2.04. The van der Waals surface area contributed by atoms with Crippen molar-refractivity contribution in [2.24, 2.45) is 0 Å². The van der Waals surface area contributed by atoms with Gasteiger partial charge < -0.3 is 20.5 Å². The fourth-order valence-corrected chi connectivity index (χ4v) is 2.74. The highest BCUT2D eigenvalue weighted by atomic mass is 35.5. The van der Waals surface area contributed by atoms with Crippen molar-refractivity contribution >= 4 is 28.8 Å². The van der Waals surface area contributed by atoms with Gasteiger partial charge in [-0.1, -0.05) is 17.7 Å². The highest BCUT2D eigenvalue weighted by Gasteiger charge is 2.13. The Morgan fingerprint density at radius 3 is 2.46 bits per heavy atom. The highest BCUT2D eigenvalue weighted by Crippen LogP contribution is 2.35. The summed E-state index contributed by atoms with van der Waals surface area (Å²) in [5.41, 5.74) is 9.31. The topological polar surface area (TPSA) is 82.3 Å². The summed E-state index contributed by atoms with van der Waals surface area (Å²) >= 11 is 6.06. The second kappa shape index (κ2) is 7.49. The Kier molecular flexibility index (Phi) is 5.14. The number of aromatic nitrogens is 2. The van der Waals surface area contributed by atoms with E-state index in [2.05, 4.69) is 21.4 Å². The molecule has 6 nitrogen and oxygen atoms in total. The zero-order valence-corrected chi connectivity index (χ0v) is 15.5. The number of nitrogens with one attached hydrogen (secondary N) is 1. The lowest BCUT2D eigenvalue weighted by atomic mass is 10.1. The van der Waals surface area contributed by atoms with Crippen LogP contribution in [0.3, 0.4) is 0 Å². The number of nitrogens with two attached hydrogens (primary N) is 1. The molecule has 2 aromatic carbocycles. The van der Waals surface area contributed by atoms with Gasteiger partial charge in [0.05, 0.1) is 12.8 Å². The van der Waals surface area contributed by atoms with Gasteiger partial charge in [0.15, 0.2) is 5.82 Å². The SMILES string of the molecule is COc1ccc(Cl)cc1Nc1ncnc(Oc2cc(C)cc(C)c2)c1N. The highest BCUT2D eigenvalue weighted by molar-refractivity contribution is 6.31. The molecule has 0 bridgehead atoms. The van der Waals surface area contributed by atoms with Crippen molar-refractivity contribution in [3.8, 4) is 17.4 Å². The van der Waals surface area contributed by atoms with Crippen molar-refractivity contribution in [1.29, 1.82) is 0 Å². The number of anilines is 3. The normalized spacial score (nSPS) is 10.5. The molecule has 26 heavy (non-hydrogen) atoms. The van der Waals surface area contributed by atoms with Gasteiger partial charge in [-0.15, -0.1) is 0 Å². The van der Waals surface area contributed by atoms with E-state index >= 15 is 0 Å². The first kappa shape index (κ1) is 17.8. The first-order valence-corrected chi connectivity index (χ1v) is 8.31. The van der Waals surface area contributed by atoms with E-state index < -0.39 is 0 Å². The van der Waals surface area contributed by atoms with Crippen molar-refractivity contribution in [3.63, 3.8) is 0 Å². The van der Waals surface area contributed by atoms with Gasteiger partial charge in [0, 0.05) is 5.02 Å². The zero-order chi connectivity index (χ0) is 18.7. The van der Waals surface area contributed by atoms with Crippen LogP contribution in [-0.4, -0.2) is 17.1 Å². The van der Waals surface area contributed by atoms with Crippen molar-refractivity contribution in [2.75, 3.05) is 18.2 Å². The van der Waals surface area contributed by atoms with E-state index in [0.717, 1.165) is 11.1 Å². The van der Waals surface area contributed by atoms with E-state index in [0.29, 0.717) is 28.0 Å². The fraction of sp³-hybridized carbons (Fsp3) is 0.158. The van der Waals surface area contributed by atoms with Crippen LogP contribution in [0.25, 0.3) is 0 Å². The molecular weight excluding hydrogens is 352 g/mol. The number of rotatable bonds is 5. The Labute approximate surface area is 156 Å². The first-order valence-electron chi connectivity index (χ1n) is 7.93. The molecule has 3 N–H and O–H groups in total. The maximum atomic E-state index is 6.20. The second-order valence-corrected chi connectivity index (χ2v) is 6.27. The summed E-state index contributed by atoms with van der Waals surface area (Å²) in [6, 6.07) is 11.1. The van der Waals surface area contributed by atoms with Gasteiger partial charge in [0.2, 0.25) is 5.88 Å². The van der Waals surface area contributed by atoms with Gasteiger partial charge in [-0.3, -0.25) is 0 Å². The van der Waals surface area contributed by atoms with E-state index in [1.807, 2.05) is 26.0 Å². The molecule has 0 atom stereocenters. The molecule has 0 saturated heterocycles. The van der Waals surface area contributed by atoms with Crippen LogP contribution in [0.4, 0.5) is 17.2 Å². The summed E-state index contributed by atoms with van der Waals surface area (Å²) < 4.78 is 11.2. The standard InChI is InChI=1S/C19H19ClN4O2/c1-11-6-12(2)8-14(7-11)26-19-17(21)18(22-10-23-19)24-15-9-13(20)4-5-16(15)25-3/h4-10H,21H2,1-3H3,(H,22,23,24). The number of methoxy groups -OCH3 is 1. The summed E-state index contributed by atoms with van der Waals surface area (Å²) in [6.45, 7) is 4.00. The van der Waals surface area contributed by atoms with E-state index in [1.54, 1.807) is 25.3 Å². The summed E-state index contributed by atoms with van der Waals surface area (Å²) in [6.07, 6.45) is 1.38. The van der Waals surface area contributed by atoms with Crippen molar-refractivity contribution in [3.05, 3.63) is 58.9 Å². The number of ether oxygens (including phenoxy) is 2. The third kappa shape index (κ3) is 3.97. The lowest BCUT2D eigenvalue weighted by Gasteiger charge is -2.14. The Morgan fingerprint density at radius 1 is 1.04 bits per heavy atom. The van der Waals surface area contributed by atoms with Crippen LogP contribution in [0.2, 0.25) is 5.02 Å². The Morgan fingerprint density at radius 2 is 1.77 bits per heavy atom. The monoisotopic (exact) mass is 370 g/mol. The summed E-state index contributed by atoms with van der Waals surface area (Å²) in [5.74, 6) is 1.96. The van der Waals surface area contributed by atoms with E-state index in [4.69, 9.17) is 26.8 Å². The number of hydrogen-bond donors (Lipinski definition) is 2. The quantitative estimate of drug-likeness (QED) is 0.666. The minimum absolute atomic E-state index is 0.272. The van der Waals surface area contributed by atoms with Gasteiger partial charge >= 0.3 is 0 Å². The van der Waals surface area contributed by atoms with E-state index in [9.17, 15) is 0 Å². The molecule has 0 radical (unpaired) electrons. The molecular formula is C19H19ClN4O2. The second-order valence-electron chi connectivity index (χ2n) is 5.84. The summed E-state index contributed by atoms with van der Waals surface area (Å²) in [4.78, 5) is 8.33. The minimum Gasteiger partial charge on any atom is -0.495 e. The average molecular weight is 371 g/mol. The molecule has 0 aliphatic rings. The third-order valence-electron chi connectivity index (χ3n) is 3.67. The maximum absolute atomic E-state index is 6.20. The number of hydrogen-bond acceptors (Lipinski definition) is 6. The largest absolute Gasteiger partial charge is 0.495 e. The molecule has 3 aromatic rings. The number of nitrogens with zero attached hydrogens (tertiary/aromatic N) is 2. The molecule has 0 saturated carbocycles. The first-order chi connectivity index (χ1) is 12.5. The van der Waals surface area contributed by atoms with Crippen LogP contribution in [0.5, 0.6) is 17.4 Å². The smallest absolute Gasteiger partial charge is 0.248 e. The lowest BCUT2D eigenvalue weighted by molar-refractivity contribution is 0.417. The van der Waals surface area contributed by atoms with Crippen LogP contribution >= 0.6 is 11.6 Å². The maximum Gasteiger partial charge on any atom is 0.248 e. The van der Waals surface area contributed by atoms with Crippen LogP contribution in [-0.2, 0) is 0 Å². The Hall–Kier alpha value is -2.99. The molecule has 7 heteroatoms. The van der Waals surface area contributed by atoms with Crippen LogP contribution in [0.1, 0.15) is 11.1 Å². The number of aryl methyl sites for hydroxylation is 2. The summed E-state index contributed by atoms with van der Waals surface area (Å²) in [7, 11) is 1.58. The number of benzene rings is 2. The van der Waals surface area contributed by atoms with Gasteiger partial charge in [-0.05, 0) is 55.3 Å². The molecule has 3 rings (SSSR count). The van der Waals surface area contributed by atoms with Gasteiger partial charge in [-0.25, -0.2) is 4.98 Å². The van der Waals surface area contributed by atoms with E-state index in [-0.39, 0.29) is 11.6 Å². The fourth-order valence-electron chi connectivity index (χ4n) is 2.57. The molecule has 0 aliphatic carbocycles. The summed E-state index contributed by atoms with van der Waals surface area (Å²) in [5, 5.41) is 3.68.